The third-order valence-electron chi connectivity index (χ3n) is 1.96. The summed E-state index contributed by atoms with van der Waals surface area (Å²) in [5.74, 6) is 0. The van der Waals surface area contributed by atoms with Crippen LogP contribution in [0.15, 0.2) is 24.3 Å². The smallest absolute Gasteiger partial charge is 0.0326 e. The van der Waals surface area contributed by atoms with Crippen molar-refractivity contribution in [3.05, 3.63) is 24.3 Å². The van der Waals surface area contributed by atoms with E-state index in [-0.39, 0.29) is 0 Å². The minimum Gasteiger partial charge on any atom is -0.100 e. The summed E-state index contributed by atoms with van der Waals surface area (Å²) < 4.78 is 0. The van der Waals surface area contributed by atoms with Crippen molar-refractivity contribution in [2.75, 3.05) is 0 Å². The molecule has 0 aliphatic rings. The van der Waals surface area contributed by atoms with Crippen LogP contribution >= 0.6 is 0 Å². The molecule has 0 fully saturated rings. The molecule has 0 N–H and O–H groups in total. The Balaban J connectivity index is 3.01. The summed E-state index contributed by atoms with van der Waals surface area (Å²) in [7, 11) is 0. The van der Waals surface area contributed by atoms with Gasteiger partial charge in [-0.15, -0.1) is 13.2 Å². The molecule has 0 nitrogen and oxygen atoms in total. The van der Waals surface area contributed by atoms with Crippen molar-refractivity contribution in [1.82, 2.24) is 0 Å². The van der Waals surface area contributed by atoms with Crippen LogP contribution in [-0.2, 0) is 0 Å². The fourth-order valence-corrected chi connectivity index (χ4v) is 1.21. The summed E-state index contributed by atoms with van der Waals surface area (Å²) in [5.41, 5.74) is 2.63. The van der Waals surface area contributed by atoms with Gasteiger partial charge in [0.2, 0.25) is 0 Å². The van der Waals surface area contributed by atoms with Crippen LogP contribution in [0.4, 0.5) is 0 Å². The average Bonchev–Trinajstić information content (AvgIpc) is 1.95. The average molecular weight is 166 g/mol. The maximum Gasteiger partial charge on any atom is -0.0326 e. The van der Waals surface area contributed by atoms with E-state index in [1.54, 1.807) is 0 Å². The molecule has 0 aromatic heterocycles. The SMILES string of the molecule is C=C(C)CCCCCCC(=C)C. The standard InChI is InChI=1S/C12H22/c1-11(2)9-7-5-6-8-10-12(3)4/h1,3,5-10H2,2,4H3. The Morgan fingerprint density at radius 2 is 1.08 bits per heavy atom. The van der Waals surface area contributed by atoms with E-state index in [0.717, 1.165) is 0 Å². The Morgan fingerprint density at radius 3 is 1.33 bits per heavy atom. The fourth-order valence-electron chi connectivity index (χ4n) is 1.21. The van der Waals surface area contributed by atoms with Crippen molar-refractivity contribution in [2.45, 2.75) is 52.4 Å². The maximum atomic E-state index is 3.89. The van der Waals surface area contributed by atoms with E-state index >= 15 is 0 Å². The van der Waals surface area contributed by atoms with Crippen LogP contribution in [0.3, 0.4) is 0 Å². The Bertz CT molecular complexity index is 124. The Morgan fingerprint density at radius 1 is 0.750 bits per heavy atom. The molecule has 0 unspecified atom stereocenters. The highest BCUT2D eigenvalue weighted by molar-refractivity contribution is 4.88. The van der Waals surface area contributed by atoms with Gasteiger partial charge in [-0.05, 0) is 39.5 Å². The predicted molar refractivity (Wildman–Crippen MR) is 57.3 cm³/mol. The van der Waals surface area contributed by atoms with Crippen molar-refractivity contribution in [1.29, 1.82) is 0 Å². The first-order valence-electron chi connectivity index (χ1n) is 4.91. The van der Waals surface area contributed by atoms with E-state index in [4.69, 9.17) is 0 Å². The molecule has 0 saturated carbocycles. The normalized spacial score (nSPS) is 9.83. The molecular weight excluding hydrogens is 144 g/mol. The van der Waals surface area contributed by atoms with Gasteiger partial charge in [0.1, 0.15) is 0 Å². The van der Waals surface area contributed by atoms with Crippen molar-refractivity contribution < 1.29 is 0 Å². The largest absolute Gasteiger partial charge is 0.100 e. The highest BCUT2D eigenvalue weighted by Crippen LogP contribution is 2.11. The van der Waals surface area contributed by atoms with E-state index < -0.39 is 0 Å². The van der Waals surface area contributed by atoms with Crippen LogP contribution < -0.4 is 0 Å². The summed E-state index contributed by atoms with van der Waals surface area (Å²) in [6.45, 7) is 12.0. The van der Waals surface area contributed by atoms with Gasteiger partial charge in [0.05, 0.1) is 0 Å². The zero-order valence-electron chi connectivity index (χ0n) is 8.66. The second-order valence-corrected chi connectivity index (χ2v) is 3.83. The van der Waals surface area contributed by atoms with Gasteiger partial charge in [0.15, 0.2) is 0 Å². The molecule has 0 radical (unpaired) electrons. The third-order valence-corrected chi connectivity index (χ3v) is 1.96. The van der Waals surface area contributed by atoms with Crippen molar-refractivity contribution in [2.24, 2.45) is 0 Å². The molecule has 0 amide bonds. The summed E-state index contributed by atoms with van der Waals surface area (Å²) in [5, 5.41) is 0. The van der Waals surface area contributed by atoms with Crippen LogP contribution in [0.1, 0.15) is 52.4 Å². The van der Waals surface area contributed by atoms with Gasteiger partial charge in [0.25, 0.3) is 0 Å². The van der Waals surface area contributed by atoms with Gasteiger partial charge >= 0.3 is 0 Å². The van der Waals surface area contributed by atoms with Crippen LogP contribution in [-0.4, -0.2) is 0 Å². The molecule has 12 heavy (non-hydrogen) atoms. The van der Waals surface area contributed by atoms with Gasteiger partial charge in [0, 0.05) is 0 Å². The molecule has 0 saturated heterocycles. The van der Waals surface area contributed by atoms with Crippen molar-refractivity contribution >= 4 is 0 Å². The minimum absolute atomic E-state index is 1.20. The predicted octanol–water partition coefficient (Wildman–Crippen LogP) is 4.48. The highest BCUT2D eigenvalue weighted by atomic mass is 14.0. The monoisotopic (exact) mass is 166 g/mol. The lowest BCUT2D eigenvalue weighted by molar-refractivity contribution is 0.638. The van der Waals surface area contributed by atoms with Gasteiger partial charge in [-0.1, -0.05) is 24.0 Å². The maximum absolute atomic E-state index is 3.89. The van der Waals surface area contributed by atoms with Crippen molar-refractivity contribution in [3.63, 3.8) is 0 Å². The third kappa shape index (κ3) is 9.48. The van der Waals surface area contributed by atoms with E-state index in [9.17, 15) is 0 Å². The summed E-state index contributed by atoms with van der Waals surface area (Å²) >= 11 is 0. The molecular formula is C12H22. The number of unbranched alkanes of at least 4 members (excludes halogenated alkanes) is 3. The molecule has 0 atom stereocenters. The summed E-state index contributed by atoms with van der Waals surface area (Å²) in [6.07, 6.45) is 7.72. The lowest BCUT2D eigenvalue weighted by atomic mass is 10.1. The topological polar surface area (TPSA) is 0 Å². The Kier molecular flexibility index (Phi) is 6.84. The molecule has 0 aliphatic heterocycles. The Hall–Kier alpha value is -0.520. The van der Waals surface area contributed by atoms with Gasteiger partial charge in [-0.25, -0.2) is 0 Å². The fraction of sp³-hybridized carbons (Fsp3) is 0.667. The second-order valence-electron chi connectivity index (χ2n) is 3.83. The molecule has 70 valence electrons. The number of allylic oxidation sites excluding steroid dienone is 2. The van der Waals surface area contributed by atoms with Crippen molar-refractivity contribution in [3.8, 4) is 0 Å². The van der Waals surface area contributed by atoms with Crippen LogP contribution in [0.25, 0.3) is 0 Å². The molecule has 0 aromatic rings. The lowest BCUT2D eigenvalue weighted by Crippen LogP contribution is -1.81. The summed E-state index contributed by atoms with van der Waals surface area (Å²) in [6, 6.07) is 0. The van der Waals surface area contributed by atoms with E-state index in [0.29, 0.717) is 0 Å². The highest BCUT2D eigenvalue weighted by Gasteiger charge is 1.91. The molecule has 0 bridgehead atoms. The molecule has 0 aliphatic carbocycles. The Labute approximate surface area is 77.4 Å². The second kappa shape index (κ2) is 7.15. The summed E-state index contributed by atoms with van der Waals surface area (Å²) in [4.78, 5) is 0. The molecule has 0 heterocycles. The zero-order chi connectivity index (χ0) is 9.40. The molecule has 0 rings (SSSR count). The molecule has 0 spiro atoms. The van der Waals surface area contributed by atoms with E-state index in [2.05, 4.69) is 27.0 Å². The number of hydrogen-bond donors (Lipinski definition) is 0. The van der Waals surface area contributed by atoms with E-state index in [1.165, 1.54) is 49.7 Å². The molecule has 0 heteroatoms. The van der Waals surface area contributed by atoms with Crippen LogP contribution in [0, 0.1) is 0 Å². The zero-order valence-corrected chi connectivity index (χ0v) is 8.66. The first-order chi connectivity index (χ1) is 5.63. The van der Waals surface area contributed by atoms with E-state index in [1.807, 2.05) is 0 Å². The van der Waals surface area contributed by atoms with Crippen LogP contribution in [0.5, 0.6) is 0 Å². The van der Waals surface area contributed by atoms with Gasteiger partial charge in [-0.3, -0.25) is 0 Å². The first kappa shape index (κ1) is 11.5. The first-order valence-corrected chi connectivity index (χ1v) is 4.91. The minimum atomic E-state index is 1.20. The lowest BCUT2D eigenvalue weighted by Gasteiger charge is -2.00. The molecule has 0 aromatic carbocycles. The van der Waals surface area contributed by atoms with Gasteiger partial charge < -0.3 is 0 Å². The quantitative estimate of drug-likeness (QED) is 0.386. The van der Waals surface area contributed by atoms with Gasteiger partial charge in [-0.2, -0.15) is 0 Å². The number of rotatable bonds is 7. The van der Waals surface area contributed by atoms with Crippen LogP contribution in [0.2, 0.25) is 0 Å². The number of hydrogen-bond acceptors (Lipinski definition) is 0.